The minimum Gasteiger partial charge on any atom is -0.326 e. The predicted octanol–water partition coefficient (Wildman–Crippen LogP) is 4.21. The highest BCUT2D eigenvalue weighted by Gasteiger charge is 2.10. The quantitative estimate of drug-likeness (QED) is 0.410. The number of anilines is 1. The molecule has 3 aromatic carbocycles. The number of thioether (sulfide) groups is 1. The van der Waals surface area contributed by atoms with Crippen LogP contribution in [0.15, 0.2) is 76.7 Å². The van der Waals surface area contributed by atoms with E-state index < -0.39 is 0 Å². The molecule has 0 saturated carbocycles. The van der Waals surface area contributed by atoms with E-state index in [0.717, 1.165) is 16.5 Å². The van der Waals surface area contributed by atoms with E-state index in [2.05, 4.69) is 10.3 Å². The van der Waals surface area contributed by atoms with Crippen LogP contribution >= 0.6 is 11.8 Å². The van der Waals surface area contributed by atoms with E-state index in [0.29, 0.717) is 28.2 Å². The van der Waals surface area contributed by atoms with Crippen molar-refractivity contribution in [2.45, 2.75) is 11.6 Å². The van der Waals surface area contributed by atoms with Crippen LogP contribution in [-0.2, 0) is 11.8 Å². The largest absolute Gasteiger partial charge is 0.326 e. The SMILES string of the molecule is Cn1c(SCCC(=O)Nc2ccc3ccccc3c2)nc2ccccc2c1=O. The molecular weight excluding hydrogens is 370 g/mol. The molecule has 4 aromatic rings. The third-order valence-electron chi connectivity index (χ3n) is 4.54. The molecule has 0 fully saturated rings. The molecule has 5 nitrogen and oxygen atoms in total. The Hall–Kier alpha value is -3.12. The summed E-state index contributed by atoms with van der Waals surface area (Å²) in [6, 6.07) is 21.2. The molecule has 1 amide bonds. The first kappa shape index (κ1) is 18.3. The number of benzene rings is 3. The maximum absolute atomic E-state index is 12.4. The first-order valence-electron chi connectivity index (χ1n) is 8.99. The number of rotatable bonds is 5. The number of carbonyl (C=O) groups is 1. The van der Waals surface area contributed by atoms with Crippen LogP contribution < -0.4 is 10.9 Å². The summed E-state index contributed by atoms with van der Waals surface area (Å²) in [4.78, 5) is 29.3. The Morgan fingerprint density at radius 3 is 2.64 bits per heavy atom. The fourth-order valence-corrected chi connectivity index (χ4v) is 3.96. The second-order valence-corrected chi connectivity index (χ2v) is 7.55. The van der Waals surface area contributed by atoms with Gasteiger partial charge in [0.2, 0.25) is 5.91 Å². The molecule has 1 aromatic heterocycles. The van der Waals surface area contributed by atoms with E-state index in [1.54, 1.807) is 13.1 Å². The Kier molecular flexibility index (Phi) is 5.12. The van der Waals surface area contributed by atoms with Crippen LogP contribution in [0.5, 0.6) is 0 Å². The molecule has 4 rings (SSSR count). The van der Waals surface area contributed by atoms with Gasteiger partial charge < -0.3 is 5.32 Å². The number of fused-ring (bicyclic) bond motifs is 2. The summed E-state index contributed by atoms with van der Waals surface area (Å²) in [7, 11) is 1.71. The van der Waals surface area contributed by atoms with Crippen molar-refractivity contribution in [3.63, 3.8) is 0 Å². The van der Waals surface area contributed by atoms with Gasteiger partial charge in [0.05, 0.1) is 10.9 Å². The van der Waals surface area contributed by atoms with Crippen molar-refractivity contribution < 1.29 is 4.79 Å². The average Bonchev–Trinajstić information content (AvgIpc) is 2.71. The fraction of sp³-hybridized carbons (Fsp3) is 0.136. The molecule has 28 heavy (non-hydrogen) atoms. The van der Waals surface area contributed by atoms with Crippen LogP contribution in [-0.4, -0.2) is 21.2 Å². The highest BCUT2D eigenvalue weighted by Crippen LogP contribution is 2.20. The smallest absolute Gasteiger partial charge is 0.261 e. The monoisotopic (exact) mass is 389 g/mol. The number of para-hydroxylation sites is 1. The Labute approximate surface area is 166 Å². The number of hydrogen-bond acceptors (Lipinski definition) is 4. The molecule has 0 unspecified atom stereocenters. The van der Waals surface area contributed by atoms with Crippen LogP contribution in [0.4, 0.5) is 5.69 Å². The lowest BCUT2D eigenvalue weighted by Crippen LogP contribution is -2.20. The molecule has 0 aliphatic rings. The number of amides is 1. The zero-order chi connectivity index (χ0) is 19.5. The Morgan fingerprint density at radius 2 is 1.79 bits per heavy atom. The average molecular weight is 389 g/mol. The van der Waals surface area contributed by atoms with E-state index in [4.69, 9.17) is 0 Å². The van der Waals surface area contributed by atoms with Gasteiger partial charge in [0, 0.05) is 24.9 Å². The van der Waals surface area contributed by atoms with E-state index in [-0.39, 0.29) is 11.5 Å². The summed E-state index contributed by atoms with van der Waals surface area (Å²) >= 11 is 1.41. The van der Waals surface area contributed by atoms with E-state index in [9.17, 15) is 9.59 Å². The number of nitrogens with zero attached hydrogens (tertiary/aromatic N) is 2. The normalized spacial score (nSPS) is 11.0. The van der Waals surface area contributed by atoms with Gasteiger partial charge in [-0.05, 0) is 35.0 Å². The molecule has 1 N–H and O–H groups in total. The van der Waals surface area contributed by atoms with Crippen molar-refractivity contribution in [1.82, 2.24) is 9.55 Å². The van der Waals surface area contributed by atoms with Gasteiger partial charge >= 0.3 is 0 Å². The molecule has 0 radical (unpaired) electrons. The van der Waals surface area contributed by atoms with Crippen molar-refractivity contribution >= 4 is 45.0 Å². The van der Waals surface area contributed by atoms with Gasteiger partial charge in [-0.25, -0.2) is 4.98 Å². The lowest BCUT2D eigenvalue weighted by Gasteiger charge is -2.09. The molecule has 6 heteroatoms. The number of hydrogen-bond donors (Lipinski definition) is 1. The summed E-state index contributed by atoms with van der Waals surface area (Å²) in [5.41, 5.74) is 1.38. The first-order valence-corrected chi connectivity index (χ1v) is 9.97. The molecule has 0 aliphatic heterocycles. The zero-order valence-corrected chi connectivity index (χ0v) is 16.2. The summed E-state index contributed by atoms with van der Waals surface area (Å²) in [5, 5.41) is 6.37. The minimum atomic E-state index is -0.0753. The lowest BCUT2D eigenvalue weighted by molar-refractivity contribution is -0.115. The van der Waals surface area contributed by atoms with Crippen LogP contribution in [0.3, 0.4) is 0 Å². The standard InChI is InChI=1S/C22H19N3O2S/c1-25-21(27)18-8-4-5-9-19(18)24-22(25)28-13-12-20(26)23-17-11-10-15-6-2-3-7-16(15)14-17/h2-11,14H,12-13H2,1H3,(H,23,26). The van der Waals surface area contributed by atoms with Crippen LogP contribution in [0.25, 0.3) is 21.7 Å². The predicted molar refractivity (Wildman–Crippen MR) is 115 cm³/mol. The molecule has 0 spiro atoms. The van der Waals surface area contributed by atoms with Gasteiger partial charge in [-0.2, -0.15) is 0 Å². The number of carbonyl (C=O) groups excluding carboxylic acids is 1. The highest BCUT2D eigenvalue weighted by atomic mass is 32.2. The molecular formula is C22H19N3O2S. The zero-order valence-electron chi connectivity index (χ0n) is 15.4. The third kappa shape index (κ3) is 3.77. The van der Waals surface area contributed by atoms with Crippen molar-refractivity contribution in [2.24, 2.45) is 7.05 Å². The molecule has 0 saturated heterocycles. The summed E-state index contributed by atoms with van der Waals surface area (Å²) in [5.74, 6) is 0.478. The Morgan fingerprint density at radius 1 is 1.04 bits per heavy atom. The van der Waals surface area contributed by atoms with Crippen molar-refractivity contribution in [1.29, 1.82) is 0 Å². The Bertz CT molecular complexity index is 1230. The molecule has 140 valence electrons. The first-order chi connectivity index (χ1) is 13.6. The van der Waals surface area contributed by atoms with Crippen molar-refractivity contribution in [2.75, 3.05) is 11.1 Å². The van der Waals surface area contributed by atoms with E-state index in [1.807, 2.05) is 60.7 Å². The van der Waals surface area contributed by atoms with Gasteiger partial charge in [0.15, 0.2) is 5.16 Å². The number of aromatic nitrogens is 2. The van der Waals surface area contributed by atoms with Crippen LogP contribution in [0.2, 0.25) is 0 Å². The van der Waals surface area contributed by atoms with Crippen LogP contribution in [0, 0.1) is 0 Å². The summed E-state index contributed by atoms with van der Waals surface area (Å²) in [6.07, 6.45) is 0.334. The van der Waals surface area contributed by atoms with Gasteiger partial charge in [0.25, 0.3) is 5.56 Å². The van der Waals surface area contributed by atoms with Gasteiger partial charge in [-0.3, -0.25) is 14.2 Å². The van der Waals surface area contributed by atoms with E-state index >= 15 is 0 Å². The molecule has 0 bridgehead atoms. The maximum atomic E-state index is 12.4. The topological polar surface area (TPSA) is 64.0 Å². The molecule has 1 heterocycles. The molecule has 0 aliphatic carbocycles. The van der Waals surface area contributed by atoms with Crippen molar-refractivity contribution in [3.05, 3.63) is 77.1 Å². The third-order valence-corrected chi connectivity index (χ3v) is 5.57. The van der Waals surface area contributed by atoms with Crippen LogP contribution in [0.1, 0.15) is 6.42 Å². The lowest BCUT2D eigenvalue weighted by atomic mass is 10.1. The number of nitrogens with one attached hydrogen (secondary N) is 1. The second kappa shape index (κ2) is 7.86. The maximum Gasteiger partial charge on any atom is 0.261 e. The second-order valence-electron chi connectivity index (χ2n) is 6.48. The highest BCUT2D eigenvalue weighted by molar-refractivity contribution is 7.99. The minimum absolute atomic E-state index is 0.0615. The van der Waals surface area contributed by atoms with Crippen molar-refractivity contribution in [3.8, 4) is 0 Å². The van der Waals surface area contributed by atoms with Gasteiger partial charge in [0.1, 0.15) is 0 Å². The molecule has 0 atom stereocenters. The summed E-state index contributed by atoms with van der Waals surface area (Å²) in [6.45, 7) is 0. The summed E-state index contributed by atoms with van der Waals surface area (Å²) < 4.78 is 1.54. The van der Waals surface area contributed by atoms with Gasteiger partial charge in [-0.15, -0.1) is 0 Å². The van der Waals surface area contributed by atoms with Gasteiger partial charge in [-0.1, -0.05) is 54.2 Å². The fourth-order valence-electron chi connectivity index (χ4n) is 3.05. The Balaban J connectivity index is 1.40. The van der Waals surface area contributed by atoms with E-state index in [1.165, 1.54) is 16.3 Å².